The summed E-state index contributed by atoms with van der Waals surface area (Å²) in [7, 11) is 0. The number of carbonyl (C=O) groups excluding carboxylic acids is 1. The summed E-state index contributed by atoms with van der Waals surface area (Å²) in [5.41, 5.74) is 0. The van der Waals surface area contributed by atoms with Gasteiger partial charge in [-0.25, -0.2) is 0 Å². The summed E-state index contributed by atoms with van der Waals surface area (Å²) in [6, 6.07) is 0.434. The summed E-state index contributed by atoms with van der Waals surface area (Å²) in [6.07, 6.45) is 3.28. The summed E-state index contributed by atoms with van der Waals surface area (Å²) in [6.45, 7) is 5.71. The van der Waals surface area contributed by atoms with Gasteiger partial charge in [-0.3, -0.25) is 4.79 Å². The molecular weight excluding hydrogens is 236 g/mol. The van der Waals surface area contributed by atoms with E-state index in [2.05, 4.69) is 22.4 Å². The fourth-order valence-corrected chi connectivity index (χ4v) is 2.41. The van der Waals surface area contributed by atoms with Crippen LogP contribution in [0.3, 0.4) is 0 Å². The van der Waals surface area contributed by atoms with Crippen LogP contribution in [-0.2, 0) is 0 Å². The predicted octanol–water partition coefficient (Wildman–Crippen LogP) is 1.98. The van der Waals surface area contributed by atoms with E-state index in [1.54, 1.807) is 0 Å². The Morgan fingerprint density at radius 1 is 1.47 bits per heavy atom. The number of carbonyl (C=O) groups is 1. The van der Waals surface area contributed by atoms with E-state index in [0.717, 1.165) is 37.5 Å². The van der Waals surface area contributed by atoms with E-state index in [4.69, 9.17) is 0 Å². The van der Waals surface area contributed by atoms with Crippen molar-refractivity contribution in [2.75, 3.05) is 18.4 Å². The molecule has 1 amide bonds. The molecule has 1 aliphatic rings. The van der Waals surface area contributed by atoms with Gasteiger partial charge < -0.3 is 10.2 Å². The van der Waals surface area contributed by atoms with Crippen LogP contribution < -0.4 is 5.32 Å². The number of anilines is 1. The topological polar surface area (TPSA) is 58.1 Å². The molecule has 0 radical (unpaired) electrons. The third-order valence-corrected chi connectivity index (χ3v) is 3.59. The van der Waals surface area contributed by atoms with Crippen LogP contribution in [0.4, 0.5) is 5.13 Å². The highest BCUT2D eigenvalue weighted by atomic mass is 32.1. The Bertz CT molecular complexity index is 389. The lowest BCUT2D eigenvalue weighted by Crippen LogP contribution is -2.32. The van der Waals surface area contributed by atoms with Crippen molar-refractivity contribution >= 4 is 22.4 Å². The first-order valence-electron chi connectivity index (χ1n) is 6.14. The first-order valence-corrected chi connectivity index (χ1v) is 6.96. The number of hydrogen-bond donors (Lipinski definition) is 1. The highest BCUT2D eigenvalue weighted by Gasteiger charge is 2.33. The minimum absolute atomic E-state index is 0.0250. The van der Waals surface area contributed by atoms with Gasteiger partial charge >= 0.3 is 0 Å². The van der Waals surface area contributed by atoms with E-state index in [-0.39, 0.29) is 5.91 Å². The van der Waals surface area contributed by atoms with Crippen LogP contribution >= 0.6 is 11.3 Å². The van der Waals surface area contributed by atoms with E-state index in [9.17, 15) is 4.79 Å². The summed E-state index contributed by atoms with van der Waals surface area (Å²) < 4.78 is 0. The number of aromatic nitrogens is 2. The monoisotopic (exact) mass is 254 g/mol. The lowest BCUT2D eigenvalue weighted by Gasteiger charge is -2.18. The molecule has 5 nitrogen and oxygen atoms in total. The average molecular weight is 254 g/mol. The maximum atomic E-state index is 12.2. The van der Waals surface area contributed by atoms with Crippen molar-refractivity contribution in [1.82, 2.24) is 15.1 Å². The molecule has 6 heteroatoms. The van der Waals surface area contributed by atoms with Crippen molar-refractivity contribution in [3.63, 3.8) is 0 Å². The quantitative estimate of drug-likeness (QED) is 0.843. The van der Waals surface area contributed by atoms with Gasteiger partial charge in [0.2, 0.25) is 10.1 Å². The van der Waals surface area contributed by atoms with Crippen LogP contribution in [0.15, 0.2) is 0 Å². The Labute approximate surface area is 105 Å². The number of amides is 1. The van der Waals surface area contributed by atoms with Crippen molar-refractivity contribution in [2.24, 2.45) is 0 Å². The summed E-state index contributed by atoms with van der Waals surface area (Å²) in [5.74, 6) is 0.0250. The van der Waals surface area contributed by atoms with E-state index in [1.807, 2.05) is 11.8 Å². The van der Waals surface area contributed by atoms with Crippen molar-refractivity contribution in [2.45, 2.75) is 39.2 Å². The highest BCUT2D eigenvalue weighted by molar-refractivity contribution is 7.17. The zero-order chi connectivity index (χ0) is 12.3. The van der Waals surface area contributed by atoms with Crippen LogP contribution in [0.25, 0.3) is 0 Å². The molecule has 0 unspecified atom stereocenters. The SMILES string of the molecule is CCCNc1nnc(C(=O)N(CC)C2CC2)s1. The third-order valence-electron chi connectivity index (χ3n) is 2.72. The predicted molar refractivity (Wildman–Crippen MR) is 68.4 cm³/mol. The molecule has 0 spiro atoms. The van der Waals surface area contributed by atoms with Gasteiger partial charge in [-0.2, -0.15) is 0 Å². The molecule has 1 saturated carbocycles. The highest BCUT2D eigenvalue weighted by Crippen LogP contribution is 2.28. The Morgan fingerprint density at radius 3 is 2.82 bits per heavy atom. The molecular formula is C11H18N4OS. The fourth-order valence-electron chi connectivity index (χ4n) is 1.69. The van der Waals surface area contributed by atoms with Gasteiger partial charge in [-0.15, -0.1) is 10.2 Å². The molecule has 0 bridgehead atoms. The van der Waals surface area contributed by atoms with Crippen LogP contribution in [0, 0.1) is 0 Å². The van der Waals surface area contributed by atoms with E-state index >= 15 is 0 Å². The van der Waals surface area contributed by atoms with E-state index in [0.29, 0.717) is 11.0 Å². The zero-order valence-electron chi connectivity index (χ0n) is 10.3. The van der Waals surface area contributed by atoms with Crippen molar-refractivity contribution in [1.29, 1.82) is 0 Å². The average Bonchev–Trinajstić information content (AvgIpc) is 3.05. The molecule has 17 heavy (non-hydrogen) atoms. The molecule has 94 valence electrons. The van der Waals surface area contributed by atoms with Crippen molar-refractivity contribution in [3.8, 4) is 0 Å². The Balaban J connectivity index is 2.00. The second-order valence-corrected chi connectivity index (χ2v) is 5.14. The number of rotatable bonds is 6. The first kappa shape index (κ1) is 12.3. The van der Waals surface area contributed by atoms with E-state index < -0.39 is 0 Å². The van der Waals surface area contributed by atoms with Crippen molar-refractivity contribution in [3.05, 3.63) is 5.01 Å². The molecule has 0 aromatic carbocycles. The van der Waals surface area contributed by atoms with Gasteiger partial charge in [0.1, 0.15) is 0 Å². The standard InChI is InChI=1S/C11H18N4OS/c1-3-7-12-11-14-13-9(17-11)10(16)15(4-2)8-5-6-8/h8H,3-7H2,1-2H3,(H,12,14). The smallest absolute Gasteiger partial charge is 0.285 e. The maximum absolute atomic E-state index is 12.2. The molecule has 1 fully saturated rings. The van der Waals surface area contributed by atoms with Crippen molar-refractivity contribution < 1.29 is 4.79 Å². The molecule has 2 rings (SSSR count). The Morgan fingerprint density at radius 2 is 2.24 bits per heavy atom. The van der Waals surface area contributed by atoms with Gasteiger partial charge in [0.15, 0.2) is 0 Å². The third kappa shape index (κ3) is 2.94. The van der Waals surface area contributed by atoms with Gasteiger partial charge in [0.25, 0.3) is 5.91 Å². The summed E-state index contributed by atoms with van der Waals surface area (Å²) in [5, 5.41) is 12.3. The Hall–Kier alpha value is -1.17. The van der Waals surface area contributed by atoms with Gasteiger partial charge in [0, 0.05) is 19.1 Å². The zero-order valence-corrected chi connectivity index (χ0v) is 11.1. The number of nitrogens with one attached hydrogen (secondary N) is 1. The second-order valence-electron chi connectivity index (χ2n) is 4.16. The molecule has 1 heterocycles. The molecule has 1 aliphatic carbocycles. The molecule has 0 saturated heterocycles. The summed E-state index contributed by atoms with van der Waals surface area (Å²) >= 11 is 1.35. The van der Waals surface area contributed by atoms with Crippen LogP contribution in [-0.4, -0.2) is 40.1 Å². The normalized spacial score (nSPS) is 14.7. The fraction of sp³-hybridized carbons (Fsp3) is 0.727. The van der Waals surface area contributed by atoms with Crippen LogP contribution in [0.1, 0.15) is 42.9 Å². The van der Waals surface area contributed by atoms with Crippen LogP contribution in [0.2, 0.25) is 0 Å². The van der Waals surface area contributed by atoms with E-state index in [1.165, 1.54) is 11.3 Å². The number of hydrogen-bond acceptors (Lipinski definition) is 5. The molecule has 1 N–H and O–H groups in total. The maximum Gasteiger partial charge on any atom is 0.285 e. The summed E-state index contributed by atoms with van der Waals surface area (Å²) in [4.78, 5) is 14.0. The molecule has 0 atom stereocenters. The minimum atomic E-state index is 0.0250. The molecule has 1 aromatic heterocycles. The lowest BCUT2D eigenvalue weighted by atomic mass is 10.4. The molecule has 0 aliphatic heterocycles. The lowest BCUT2D eigenvalue weighted by molar-refractivity contribution is 0.0751. The van der Waals surface area contributed by atoms with Gasteiger partial charge in [-0.1, -0.05) is 18.3 Å². The molecule has 1 aromatic rings. The Kier molecular flexibility index (Phi) is 3.93. The largest absolute Gasteiger partial charge is 0.360 e. The first-order chi connectivity index (χ1) is 8.26. The van der Waals surface area contributed by atoms with Gasteiger partial charge in [0.05, 0.1) is 0 Å². The second kappa shape index (κ2) is 5.44. The van der Waals surface area contributed by atoms with Crippen LogP contribution in [0.5, 0.6) is 0 Å². The number of nitrogens with zero attached hydrogens (tertiary/aromatic N) is 3. The van der Waals surface area contributed by atoms with Gasteiger partial charge in [-0.05, 0) is 26.2 Å². The minimum Gasteiger partial charge on any atom is -0.360 e.